The van der Waals surface area contributed by atoms with Crippen LogP contribution in [0.5, 0.6) is 11.5 Å². The molecule has 0 heterocycles. The van der Waals surface area contributed by atoms with Crippen molar-refractivity contribution in [3.63, 3.8) is 0 Å². The molecule has 2 aromatic carbocycles. The molecule has 0 aromatic heterocycles. The second kappa shape index (κ2) is 9.13. The third-order valence-electron chi connectivity index (χ3n) is 3.37. The molecule has 0 radical (unpaired) electrons. The number of hydrazone groups is 1. The van der Waals surface area contributed by atoms with E-state index in [0.29, 0.717) is 30.3 Å². The second-order valence-corrected chi connectivity index (χ2v) is 5.15. The normalized spacial score (nSPS) is 10.6. The molecule has 0 saturated carbocycles. The van der Waals surface area contributed by atoms with Crippen molar-refractivity contribution in [2.45, 2.75) is 13.8 Å². The summed E-state index contributed by atoms with van der Waals surface area (Å²) >= 11 is 0. The van der Waals surface area contributed by atoms with Crippen LogP contribution in [0, 0.1) is 20.2 Å². The van der Waals surface area contributed by atoms with Gasteiger partial charge in [-0.15, -0.1) is 0 Å². The number of anilines is 1. The lowest BCUT2D eigenvalue weighted by Crippen LogP contribution is -2.01. The third-order valence-corrected chi connectivity index (χ3v) is 3.37. The Kier molecular flexibility index (Phi) is 6.64. The summed E-state index contributed by atoms with van der Waals surface area (Å²) in [6.07, 6.45) is 1.44. The van der Waals surface area contributed by atoms with E-state index in [-0.39, 0.29) is 11.4 Å². The van der Waals surface area contributed by atoms with Crippen molar-refractivity contribution in [2.75, 3.05) is 18.6 Å². The number of nitro benzene ring substituents is 2. The van der Waals surface area contributed by atoms with Gasteiger partial charge >= 0.3 is 5.69 Å². The van der Waals surface area contributed by atoms with Crippen molar-refractivity contribution >= 4 is 23.3 Å². The number of benzene rings is 2. The molecule has 0 fully saturated rings. The van der Waals surface area contributed by atoms with Gasteiger partial charge in [-0.05, 0) is 32.0 Å². The zero-order valence-corrected chi connectivity index (χ0v) is 14.7. The number of nitrogens with zero attached hydrogens (tertiary/aromatic N) is 3. The van der Waals surface area contributed by atoms with Crippen molar-refractivity contribution in [3.8, 4) is 11.5 Å². The van der Waals surface area contributed by atoms with Gasteiger partial charge < -0.3 is 9.47 Å². The van der Waals surface area contributed by atoms with Crippen LogP contribution in [-0.4, -0.2) is 29.3 Å². The third kappa shape index (κ3) is 5.14. The monoisotopic (exact) mass is 374 g/mol. The minimum atomic E-state index is -0.715. The highest BCUT2D eigenvalue weighted by Crippen LogP contribution is 2.29. The molecule has 27 heavy (non-hydrogen) atoms. The maximum atomic E-state index is 11.1. The molecular weight excluding hydrogens is 356 g/mol. The van der Waals surface area contributed by atoms with Gasteiger partial charge in [-0.25, -0.2) is 0 Å². The smallest absolute Gasteiger partial charge is 0.301 e. The first-order chi connectivity index (χ1) is 13.0. The molecule has 142 valence electrons. The van der Waals surface area contributed by atoms with Gasteiger partial charge in [-0.3, -0.25) is 25.7 Å². The van der Waals surface area contributed by atoms with Crippen molar-refractivity contribution in [3.05, 3.63) is 62.2 Å². The SMILES string of the molecule is CCOc1ccc(/C=N\Nc2ccc([N+](=O)[O-])cc2[N+](=O)[O-])c(OCC)c1. The van der Waals surface area contributed by atoms with Gasteiger partial charge in [-0.2, -0.15) is 5.10 Å². The molecule has 0 atom stereocenters. The van der Waals surface area contributed by atoms with E-state index in [2.05, 4.69) is 10.5 Å². The molecule has 0 unspecified atom stereocenters. The number of ether oxygens (including phenoxy) is 2. The minimum absolute atomic E-state index is 0.0331. The Morgan fingerprint density at radius 1 is 1.04 bits per heavy atom. The lowest BCUT2D eigenvalue weighted by Gasteiger charge is -2.10. The summed E-state index contributed by atoms with van der Waals surface area (Å²) in [7, 11) is 0. The molecule has 0 aliphatic heterocycles. The van der Waals surface area contributed by atoms with E-state index in [0.717, 1.165) is 12.1 Å². The van der Waals surface area contributed by atoms with E-state index in [9.17, 15) is 20.2 Å². The van der Waals surface area contributed by atoms with Crippen LogP contribution >= 0.6 is 0 Å². The highest BCUT2D eigenvalue weighted by atomic mass is 16.6. The number of nitro groups is 2. The fourth-order valence-electron chi connectivity index (χ4n) is 2.21. The van der Waals surface area contributed by atoms with Crippen LogP contribution in [0.1, 0.15) is 19.4 Å². The lowest BCUT2D eigenvalue weighted by molar-refractivity contribution is -0.393. The Bertz CT molecular complexity index is 868. The van der Waals surface area contributed by atoms with Gasteiger partial charge in [0.2, 0.25) is 0 Å². The first-order valence-corrected chi connectivity index (χ1v) is 8.07. The Balaban J connectivity index is 2.24. The molecular formula is C17H18N4O6. The van der Waals surface area contributed by atoms with Crippen LogP contribution in [0.25, 0.3) is 0 Å². The summed E-state index contributed by atoms with van der Waals surface area (Å²) in [6, 6.07) is 8.48. The van der Waals surface area contributed by atoms with Gasteiger partial charge in [-0.1, -0.05) is 0 Å². The maximum absolute atomic E-state index is 11.1. The maximum Gasteiger partial charge on any atom is 0.301 e. The quantitative estimate of drug-likeness (QED) is 0.402. The summed E-state index contributed by atoms with van der Waals surface area (Å²) in [5.41, 5.74) is 2.39. The van der Waals surface area contributed by atoms with Gasteiger partial charge in [0.25, 0.3) is 5.69 Å². The molecule has 1 N–H and O–H groups in total. The van der Waals surface area contributed by atoms with Crippen LogP contribution < -0.4 is 14.9 Å². The average Bonchev–Trinajstić information content (AvgIpc) is 2.63. The molecule has 0 amide bonds. The average molecular weight is 374 g/mol. The Labute approximate surface area is 154 Å². The molecule has 2 rings (SSSR count). The zero-order chi connectivity index (χ0) is 19.8. The fraction of sp³-hybridized carbons (Fsp3) is 0.235. The molecule has 0 aliphatic rings. The van der Waals surface area contributed by atoms with E-state index < -0.39 is 15.5 Å². The first kappa shape index (κ1) is 19.6. The van der Waals surface area contributed by atoms with Crippen molar-refractivity contribution in [1.82, 2.24) is 0 Å². The van der Waals surface area contributed by atoms with Gasteiger partial charge in [0.1, 0.15) is 17.2 Å². The fourth-order valence-corrected chi connectivity index (χ4v) is 2.21. The Morgan fingerprint density at radius 2 is 1.78 bits per heavy atom. The van der Waals surface area contributed by atoms with Gasteiger partial charge in [0.15, 0.2) is 0 Å². The van der Waals surface area contributed by atoms with Crippen molar-refractivity contribution in [2.24, 2.45) is 5.10 Å². The van der Waals surface area contributed by atoms with Crippen LogP contribution in [0.2, 0.25) is 0 Å². The topological polar surface area (TPSA) is 129 Å². The zero-order valence-electron chi connectivity index (χ0n) is 14.7. The van der Waals surface area contributed by atoms with Crippen LogP contribution in [-0.2, 0) is 0 Å². The predicted molar refractivity (Wildman–Crippen MR) is 99.7 cm³/mol. The van der Waals surface area contributed by atoms with E-state index in [1.807, 2.05) is 13.8 Å². The lowest BCUT2D eigenvalue weighted by atomic mass is 10.2. The summed E-state index contributed by atoms with van der Waals surface area (Å²) in [5.74, 6) is 1.20. The molecule has 0 spiro atoms. The largest absolute Gasteiger partial charge is 0.494 e. The second-order valence-electron chi connectivity index (χ2n) is 5.15. The molecule has 2 aromatic rings. The molecule has 0 bridgehead atoms. The van der Waals surface area contributed by atoms with Crippen LogP contribution in [0.3, 0.4) is 0 Å². The summed E-state index contributed by atoms with van der Waals surface area (Å²) in [5, 5.41) is 25.9. The van der Waals surface area contributed by atoms with E-state index in [1.54, 1.807) is 18.2 Å². The van der Waals surface area contributed by atoms with E-state index in [4.69, 9.17) is 9.47 Å². The van der Waals surface area contributed by atoms with E-state index in [1.165, 1.54) is 12.3 Å². The molecule has 0 saturated heterocycles. The Morgan fingerprint density at radius 3 is 2.41 bits per heavy atom. The van der Waals surface area contributed by atoms with Gasteiger partial charge in [0.05, 0.1) is 35.3 Å². The summed E-state index contributed by atoms with van der Waals surface area (Å²) in [4.78, 5) is 20.5. The highest BCUT2D eigenvalue weighted by molar-refractivity contribution is 5.84. The number of rotatable bonds is 9. The number of non-ortho nitro benzene ring substituents is 1. The number of hydrogen-bond acceptors (Lipinski definition) is 8. The predicted octanol–water partition coefficient (Wildman–Crippen LogP) is 3.75. The first-order valence-electron chi connectivity index (χ1n) is 8.07. The number of nitrogens with one attached hydrogen (secondary N) is 1. The van der Waals surface area contributed by atoms with E-state index >= 15 is 0 Å². The van der Waals surface area contributed by atoms with Crippen molar-refractivity contribution < 1.29 is 19.3 Å². The number of hydrogen-bond donors (Lipinski definition) is 1. The van der Waals surface area contributed by atoms with Gasteiger partial charge in [0, 0.05) is 17.7 Å². The molecule has 10 nitrogen and oxygen atoms in total. The molecule has 0 aliphatic carbocycles. The van der Waals surface area contributed by atoms with Crippen molar-refractivity contribution in [1.29, 1.82) is 0 Å². The standard InChI is InChI=1S/C17H18N4O6/c1-3-26-14-7-5-12(17(10-14)27-4-2)11-18-19-15-8-6-13(20(22)23)9-16(15)21(24)25/h5-11,19H,3-4H2,1-2H3/b18-11-. The highest BCUT2D eigenvalue weighted by Gasteiger charge is 2.19. The van der Waals surface area contributed by atoms with Crippen LogP contribution in [0.15, 0.2) is 41.5 Å². The Hall–Kier alpha value is -3.69. The molecule has 10 heteroatoms. The summed E-state index contributed by atoms with van der Waals surface area (Å²) in [6.45, 7) is 4.67. The minimum Gasteiger partial charge on any atom is -0.494 e. The summed E-state index contributed by atoms with van der Waals surface area (Å²) < 4.78 is 11.0. The van der Waals surface area contributed by atoms with Crippen LogP contribution in [0.4, 0.5) is 17.1 Å².